The van der Waals surface area contributed by atoms with Gasteiger partial charge in [-0.15, -0.1) is 0 Å². The second-order valence-electron chi connectivity index (χ2n) is 6.12. The molecular weight excluding hydrogens is 360 g/mol. The van der Waals surface area contributed by atoms with Crippen molar-refractivity contribution in [3.05, 3.63) is 58.6 Å². The zero-order chi connectivity index (χ0) is 18.0. The van der Waals surface area contributed by atoms with Gasteiger partial charge in [0.1, 0.15) is 0 Å². The van der Waals surface area contributed by atoms with E-state index in [1.54, 1.807) is 0 Å². The monoisotopic (exact) mass is 378 g/mol. The maximum atomic E-state index is 12.3. The molecule has 132 valence electrons. The number of aryl methyl sites for hydroxylation is 2. The molecule has 5 nitrogen and oxygen atoms in total. The van der Waals surface area contributed by atoms with Crippen molar-refractivity contribution < 1.29 is 13.2 Å². The first-order chi connectivity index (χ1) is 11.8. The van der Waals surface area contributed by atoms with Gasteiger partial charge in [0.2, 0.25) is 15.9 Å². The predicted octanol–water partition coefficient (Wildman–Crippen LogP) is 3.13. The average Bonchev–Trinajstić information content (AvgIpc) is 3.02. The summed E-state index contributed by atoms with van der Waals surface area (Å²) in [5, 5.41) is 3.21. The van der Waals surface area contributed by atoms with E-state index in [1.165, 1.54) is 42.3 Å². The van der Waals surface area contributed by atoms with Crippen molar-refractivity contribution in [2.75, 3.05) is 5.32 Å². The van der Waals surface area contributed by atoms with Gasteiger partial charge in [0.05, 0.1) is 10.9 Å². The minimum absolute atomic E-state index is 0.0640. The predicted molar refractivity (Wildman–Crippen MR) is 98.3 cm³/mol. The van der Waals surface area contributed by atoms with Crippen LogP contribution >= 0.6 is 11.6 Å². The fourth-order valence-corrected chi connectivity index (χ4v) is 4.20. The van der Waals surface area contributed by atoms with E-state index >= 15 is 0 Å². The second-order valence-corrected chi connectivity index (χ2v) is 8.27. The molecule has 0 radical (unpaired) electrons. The number of amides is 1. The number of nitrogens with one attached hydrogen (secondary N) is 2. The number of carbonyl (C=O) groups excluding carboxylic acids is 1. The number of rotatable bonds is 5. The van der Waals surface area contributed by atoms with Gasteiger partial charge >= 0.3 is 0 Å². The summed E-state index contributed by atoms with van der Waals surface area (Å²) in [5.74, 6) is -0.407. The maximum Gasteiger partial charge on any atom is 0.242 e. The molecule has 2 aromatic carbocycles. The first-order valence-corrected chi connectivity index (χ1v) is 9.92. The van der Waals surface area contributed by atoms with Gasteiger partial charge in [0, 0.05) is 10.7 Å². The molecule has 1 unspecified atom stereocenters. The van der Waals surface area contributed by atoms with Crippen LogP contribution in [0.15, 0.2) is 47.4 Å². The third kappa shape index (κ3) is 4.21. The van der Waals surface area contributed by atoms with Gasteiger partial charge in [-0.25, -0.2) is 8.42 Å². The van der Waals surface area contributed by atoms with Crippen molar-refractivity contribution in [3.63, 3.8) is 0 Å². The Morgan fingerprint density at radius 2 is 1.76 bits per heavy atom. The van der Waals surface area contributed by atoms with E-state index in [0.29, 0.717) is 10.7 Å². The van der Waals surface area contributed by atoms with E-state index < -0.39 is 22.0 Å². The Morgan fingerprint density at radius 1 is 1.08 bits per heavy atom. The molecule has 1 amide bonds. The van der Waals surface area contributed by atoms with Crippen molar-refractivity contribution in [3.8, 4) is 0 Å². The Balaban J connectivity index is 1.67. The SMILES string of the molecule is CC(NS(=O)(=O)c1ccc(Cl)cc1)C(=O)Nc1ccc2c(c1)CCC2. The highest BCUT2D eigenvalue weighted by molar-refractivity contribution is 7.89. The normalized spacial score (nSPS) is 14.8. The largest absolute Gasteiger partial charge is 0.325 e. The maximum absolute atomic E-state index is 12.3. The summed E-state index contributed by atoms with van der Waals surface area (Å²) in [6.45, 7) is 1.51. The molecular formula is C18H19ClN2O3S. The number of anilines is 1. The molecule has 2 N–H and O–H groups in total. The Morgan fingerprint density at radius 3 is 2.48 bits per heavy atom. The van der Waals surface area contributed by atoms with Gasteiger partial charge in [0.25, 0.3) is 0 Å². The standard InChI is InChI=1S/C18H19ClN2O3S/c1-12(21-25(23,24)17-9-6-15(19)7-10-17)18(22)20-16-8-5-13-3-2-4-14(13)11-16/h5-12,21H,2-4H2,1H3,(H,20,22). The fourth-order valence-electron chi connectivity index (χ4n) is 2.87. The zero-order valence-corrected chi connectivity index (χ0v) is 15.3. The molecule has 0 saturated carbocycles. The Bertz CT molecular complexity index is 895. The molecule has 0 saturated heterocycles. The Hall–Kier alpha value is -1.89. The van der Waals surface area contributed by atoms with Crippen LogP contribution in [0.25, 0.3) is 0 Å². The highest BCUT2D eigenvalue weighted by Crippen LogP contribution is 2.25. The van der Waals surface area contributed by atoms with E-state index in [9.17, 15) is 13.2 Å². The van der Waals surface area contributed by atoms with Crippen LogP contribution in [0.5, 0.6) is 0 Å². The lowest BCUT2D eigenvalue weighted by Gasteiger charge is -2.15. The van der Waals surface area contributed by atoms with Crippen LogP contribution in [0.2, 0.25) is 5.02 Å². The van der Waals surface area contributed by atoms with Crippen molar-refractivity contribution in [1.29, 1.82) is 0 Å². The molecule has 0 bridgehead atoms. The smallest absolute Gasteiger partial charge is 0.242 e. The number of sulfonamides is 1. The molecule has 0 fully saturated rings. The van der Waals surface area contributed by atoms with Gasteiger partial charge < -0.3 is 5.32 Å². The van der Waals surface area contributed by atoms with Gasteiger partial charge in [-0.3, -0.25) is 4.79 Å². The molecule has 2 aromatic rings. The number of carbonyl (C=O) groups is 1. The highest BCUT2D eigenvalue weighted by atomic mass is 35.5. The van der Waals surface area contributed by atoms with Crippen molar-refractivity contribution in [2.24, 2.45) is 0 Å². The van der Waals surface area contributed by atoms with Crippen LogP contribution in [-0.2, 0) is 27.7 Å². The van der Waals surface area contributed by atoms with E-state index in [1.807, 2.05) is 18.2 Å². The summed E-state index contributed by atoms with van der Waals surface area (Å²) in [7, 11) is -3.79. The zero-order valence-electron chi connectivity index (χ0n) is 13.8. The van der Waals surface area contributed by atoms with E-state index in [-0.39, 0.29) is 4.90 Å². The second kappa shape index (κ2) is 7.15. The summed E-state index contributed by atoms with van der Waals surface area (Å²) < 4.78 is 27.0. The van der Waals surface area contributed by atoms with Gasteiger partial charge in [-0.2, -0.15) is 4.72 Å². The minimum Gasteiger partial charge on any atom is -0.325 e. The number of hydrogen-bond acceptors (Lipinski definition) is 3. The molecule has 3 rings (SSSR count). The molecule has 1 aliphatic rings. The van der Waals surface area contributed by atoms with Crippen LogP contribution in [0.4, 0.5) is 5.69 Å². The van der Waals surface area contributed by atoms with Crippen molar-refractivity contribution in [2.45, 2.75) is 37.1 Å². The molecule has 0 aliphatic heterocycles. The number of hydrogen-bond donors (Lipinski definition) is 2. The molecule has 0 heterocycles. The van der Waals surface area contributed by atoms with Crippen LogP contribution in [0, 0.1) is 0 Å². The number of fused-ring (bicyclic) bond motifs is 1. The van der Waals surface area contributed by atoms with Crippen molar-refractivity contribution >= 4 is 33.2 Å². The first-order valence-electron chi connectivity index (χ1n) is 8.06. The first kappa shape index (κ1) is 17.9. The molecule has 1 aliphatic carbocycles. The molecule has 1 atom stereocenters. The summed E-state index contributed by atoms with van der Waals surface area (Å²) in [5.41, 5.74) is 3.24. The van der Waals surface area contributed by atoms with Crippen LogP contribution < -0.4 is 10.0 Å². The third-order valence-electron chi connectivity index (χ3n) is 4.22. The van der Waals surface area contributed by atoms with E-state index in [4.69, 9.17) is 11.6 Å². The highest BCUT2D eigenvalue weighted by Gasteiger charge is 2.22. The fraction of sp³-hybridized carbons (Fsp3) is 0.278. The number of benzene rings is 2. The Kier molecular flexibility index (Phi) is 5.13. The van der Waals surface area contributed by atoms with Crippen molar-refractivity contribution in [1.82, 2.24) is 4.72 Å². The molecule has 0 spiro atoms. The van der Waals surface area contributed by atoms with Crippen LogP contribution in [0.3, 0.4) is 0 Å². The number of halogens is 1. The summed E-state index contributed by atoms with van der Waals surface area (Å²) in [6.07, 6.45) is 3.21. The molecule has 0 aromatic heterocycles. The van der Waals surface area contributed by atoms with Gasteiger partial charge in [-0.05, 0) is 73.7 Å². The minimum atomic E-state index is -3.79. The summed E-state index contributed by atoms with van der Waals surface area (Å²) >= 11 is 5.77. The molecule has 25 heavy (non-hydrogen) atoms. The van der Waals surface area contributed by atoms with E-state index in [2.05, 4.69) is 10.0 Å². The van der Waals surface area contributed by atoms with E-state index in [0.717, 1.165) is 19.3 Å². The van der Waals surface area contributed by atoms with Gasteiger partial charge in [0.15, 0.2) is 0 Å². The Labute approximate surface area is 152 Å². The lowest BCUT2D eigenvalue weighted by atomic mass is 10.1. The molecule has 7 heteroatoms. The third-order valence-corrected chi connectivity index (χ3v) is 6.02. The summed E-state index contributed by atoms with van der Waals surface area (Å²) in [6, 6.07) is 10.7. The van der Waals surface area contributed by atoms with Crippen LogP contribution in [0.1, 0.15) is 24.5 Å². The lowest BCUT2D eigenvalue weighted by Crippen LogP contribution is -2.41. The summed E-state index contributed by atoms with van der Waals surface area (Å²) in [4.78, 5) is 12.4. The average molecular weight is 379 g/mol. The topological polar surface area (TPSA) is 75.3 Å². The lowest BCUT2D eigenvalue weighted by molar-refractivity contribution is -0.117. The quantitative estimate of drug-likeness (QED) is 0.839. The van der Waals surface area contributed by atoms with Crippen LogP contribution in [-0.4, -0.2) is 20.4 Å². The van der Waals surface area contributed by atoms with Gasteiger partial charge in [-0.1, -0.05) is 17.7 Å².